The first kappa shape index (κ1) is 18.4. The van der Waals surface area contributed by atoms with Crippen LogP contribution in [0.1, 0.15) is 32.3 Å². The van der Waals surface area contributed by atoms with Gasteiger partial charge in [-0.25, -0.2) is 0 Å². The Morgan fingerprint density at radius 3 is 2.62 bits per heavy atom. The van der Waals surface area contributed by atoms with Crippen molar-refractivity contribution in [3.63, 3.8) is 0 Å². The van der Waals surface area contributed by atoms with Gasteiger partial charge in [-0.3, -0.25) is 19.4 Å². The van der Waals surface area contributed by atoms with Crippen LogP contribution < -0.4 is 0 Å². The highest BCUT2D eigenvalue weighted by Crippen LogP contribution is 2.21. The van der Waals surface area contributed by atoms with Crippen LogP contribution in [0.5, 0.6) is 0 Å². The Morgan fingerprint density at radius 2 is 1.92 bits per heavy atom. The van der Waals surface area contributed by atoms with Crippen molar-refractivity contribution in [2.45, 2.75) is 39.3 Å². The van der Waals surface area contributed by atoms with E-state index in [-0.39, 0.29) is 24.3 Å². The Balaban J connectivity index is 1.69. The van der Waals surface area contributed by atoms with Crippen molar-refractivity contribution in [3.8, 4) is 0 Å². The van der Waals surface area contributed by atoms with Crippen LogP contribution in [0.4, 0.5) is 0 Å². The highest BCUT2D eigenvalue weighted by molar-refractivity contribution is 5.95. The van der Waals surface area contributed by atoms with E-state index in [2.05, 4.69) is 4.98 Å². The largest absolute Gasteiger partial charge is 0.341 e. The number of rotatable bonds is 4. The van der Waals surface area contributed by atoms with Crippen LogP contribution >= 0.6 is 0 Å². The number of nitrogens with zero attached hydrogens (tertiary/aromatic N) is 4. The SMILES string of the molecule is CC(C)CC(=O)N1CCC2C(=O)N(Cc3ccncc3)CC(=O)N2CC1. The first-order valence-electron chi connectivity index (χ1n) is 9.20. The fourth-order valence-corrected chi connectivity index (χ4v) is 3.60. The molecule has 1 aromatic heterocycles. The molecule has 2 aliphatic rings. The molecule has 0 aromatic carbocycles. The van der Waals surface area contributed by atoms with E-state index in [9.17, 15) is 14.4 Å². The van der Waals surface area contributed by atoms with Gasteiger partial charge >= 0.3 is 0 Å². The molecule has 26 heavy (non-hydrogen) atoms. The molecule has 7 nitrogen and oxygen atoms in total. The van der Waals surface area contributed by atoms with Crippen LogP contribution in [0.3, 0.4) is 0 Å². The summed E-state index contributed by atoms with van der Waals surface area (Å²) in [7, 11) is 0. The molecule has 2 aliphatic heterocycles. The molecule has 0 spiro atoms. The summed E-state index contributed by atoms with van der Waals surface area (Å²) in [5, 5.41) is 0. The second-order valence-electron chi connectivity index (χ2n) is 7.42. The average molecular weight is 358 g/mol. The normalized spacial score (nSPS) is 21.0. The van der Waals surface area contributed by atoms with Gasteiger partial charge in [0.1, 0.15) is 12.6 Å². The lowest BCUT2D eigenvalue weighted by Crippen LogP contribution is -2.59. The van der Waals surface area contributed by atoms with E-state index < -0.39 is 6.04 Å². The van der Waals surface area contributed by atoms with E-state index in [1.807, 2.05) is 26.0 Å². The Labute approximate surface area is 154 Å². The van der Waals surface area contributed by atoms with Gasteiger partial charge in [0, 0.05) is 45.0 Å². The smallest absolute Gasteiger partial charge is 0.246 e. The van der Waals surface area contributed by atoms with Crippen molar-refractivity contribution in [1.82, 2.24) is 19.7 Å². The number of pyridine rings is 1. The molecular weight excluding hydrogens is 332 g/mol. The van der Waals surface area contributed by atoms with Gasteiger partial charge in [0.2, 0.25) is 17.7 Å². The van der Waals surface area contributed by atoms with Gasteiger partial charge in [-0.2, -0.15) is 0 Å². The number of fused-ring (bicyclic) bond motifs is 1. The van der Waals surface area contributed by atoms with Crippen LogP contribution in [0.25, 0.3) is 0 Å². The van der Waals surface area contributed by atoms with Crippen molar-refractivity contribution >= 4 is 17.7 Å². The molecular formula is C19H26N4O3. The highest BCUT2D eigenvalue weighted by atomic mass is 16.2. The highest BCUT2D eigenvalue weighted by Gasteiger charge is 2.41. The average Bonchev–Trinajstić information content (AvgIpc) is 2.83. The fraction of sp³-hybridized carbons (Fsp3) is 0.579. The number of amides is 3. The van der Waals surface area contributed by atoms with E-state index >= 15 is 0 Å². The molecule has 1 atom stereocenters. The number of piperazine rings is 1. The molecule has 140 valence electrons. The summed E-state index contributed by atoms with van der Waals surface area (Å²) in [6, 6.07) is 3.24. The maximum absolute atomic E-state index is 12.9. The number of hydrogen-bond acceptors (Lipinski definition) is 4. The fourth-order valence-electron chi connectivity index (χ4n) is 3.60. The van der Waals surface area contributed by atoms with E-state index in [0.717, 1.165) is 5.56 Å². The zero-order valence-electron chi connectivity index (χ0n) is 15.4. The van der Waals surface area contributed by atoms with Crippen LogP contribution in [0.2, 0.25) is 0 Å². The predicted molar refractivity (Wildman–Crippen MR) is 95.8 cm³/mol. The quantitative estimate of drug-likeness (QED) is 0.802. The van der Waals surface area contributed by atoms with Crippen molar-refractivity contribution in [1.29, 1.82) is 0 Å². The summed E-state index contributed by atoms with van der Waals surface area (Å²) in [4.78, 5) is 46.9. The summed E-state index contributed by atoms with van der Waals surface area (Å²) in [6.07, 6.45) is 4.37. The molecule has 0 aliphatic carbocycles. The molecule has 2 fully saturated rings. The van der Waals surface area contributed by atoms with Gasteiger partial charge in [0.15, 0.2) is 0 Å². The van der Waals surface area contributed by atoms with E-state index in [1.165, 1.54) is 0 Å². The van der Waals surface area contributed by atoms with Gasteiger partial charge in [0.05, 0.1) is 0 Å². The standard InChI is InChI=1S/C19H26N4O3/c1-14(2)11-17(24)21-8-5-16-19(26)22(12-15-3-6-20-7-4-15)13-18(25)23(16)10-9-21/h3-4,6-7,14,16H,5,8-13H2,1-2H3. The molecule has 2 saturated heterocycles. The number of aromatic nitrogens is 1. The summed E-state index contributed by atoms with van der Waals surface area (Å²) in [5.41, 5.74) is 0.956. The van der Waals surface area contributed by atoms with E-state index in [4.69, 9.17) is 0 Å². The lowest BCUT2D eigenvalue weighted by molar-refractivity contribution is -0.156. The number of carbonyl (C=O) groups is 3. The lowest BCUT2D eigenvalue weighted by atomic mass is 10.1. The number of carbonyl (C=O) groups excluding carboxylic acids is 3. The van der Waals surface area contributed by atoms with Gasteiger partial charge in [0.25, 0.3) is 0 Å². The Morgan fingerprint density at radius 1 is 1.19 bits per heavy atom. The first-order valence-corrected chi connectivity index (χ1v) is 9.20. The van der Waals surface area contributed by atoms with E-state index in [1.54, 1.807) is 27.1 Å². The summed E-state index contributed by atoms with van der Waals surface area (Å²) in [6.45, 7) is 6.00. The zero-order valence-corrected chi connectivity index (χ0v) is 15.4. The molecule has 0 radical (unpaired) electrons. The summed E-state index contributed by atoms with van der Waals surface area (Å²) >= 11 is 0. The van der Waals surface area contributed by atoms with Crippen molar-refractivity contribution in [3.05, 3.63) is 30.1 Å². The zero-order chi connectivity index (χ0) is 18.7. The molecule has 7 heteroatoms. The molecule has 0 N–H and O–H groups in total. The predicted octanol–water partition coefficient (Wildman–Crippen LogP) is 0.899. The van der Waals surface area contributed by atoms with Crippen molar-refractivity contribution in [2.24, 2.45) is 5.92 Å². The monoisotopic (exact) mass is 358 g/mol. The Bertz CT molecular complexity index is 677. The van der Waals surface area contributed by atoms with Crippen LogP contribution in [-0.4, -0.2) is 69.6 Å². The van der Waals surface area contributed by atoms with Crippen LogP contribution in [-0.2, 0) is 20.9 Å². The lowest BCUT2D eigenvalue weighted by Gasteiger charge is -2.39. The minimum absolute atomic E-state index is 0.0282. The van der Waals surface area contributed by atoms with Crippen LogP contribution in [0.15, 0.2) is 24.5 Å². The van der Waals surface area contributed by atoms with Gasteiger partial charge in [-0.05, 0) is 30.0 Å². The van der Waals surface area contributed by atoms with Gasteiger partial charge in [-0.15, -0.1) is 0 Å². The van der Waals surface area contributed by atoms with Crippen molar-refractivity contribution in [2.75, 3.05) is 26.2 Å². The maximum Gasteiger partial charge on any atom is 0.246 e. The maximum atomic E-state index is 12.9. The van der Waals surface area contributed by atoms with Gasteiger partial charge in [-0.1, -0.05) is 13.8 Å². The molecule has 0 bridgehead atoms. The molecule has 1 unspecified atom stereocenters. The Kier molecular flexibility index (Phi) is 5.54. The summed E-state index contributed by atoms with van der Waals surface area (Å²) < 4.78 is 0. The summed E-state index contributed by atoms with van der Waals surface area (Å²) in [5.74, 6) is 0.335. The third-order valence-corrected chi connectivity index (χ3v) is 4.96. The topological polar surface area (TPSA) is 73.8 Å². The van der Waals surface area contributed by atoms with E-state index in [0.29, 0.717) is 44.9 Å². The first-order chi connectivity index (χ1) is 12.5. The van der Waals surface area contributed by atoms with Crippen LogP contribution in [0, 0.1) is 5.92 Å². The molecule has 3 rings (SSSR count). The molecule has 3 heterocycles. The minimum Gasteiger partial charge on any atom is -0.341 e. The second-order valence-corrected chi connectivity index (χ2v) is 7.42. The molecule has 0 saturated carbocycles. The second kappa shape index (κ2) is 7.85. The minimum atomic E-state index is -0.463. The van der Waals surface area contributed by atoms with Crippen molar-refractivity contribution < 1.29 is 14.4 Å². The number of hydrogen-bond donors (Lipinski definition) is 0. The molecule has 3 amide bonds. The third-order valence-electron chi connectivity index (χ3n) is 4.96. The van der Waals surface area contributed by atoms with Gasteiger partial charge < -0.3 is 14.7 Å². The molecule has 1 aromatic rings. The third kappa shape index (κ3) is 4.03. The Hall–Kier alpha value is -2.44.